The zero-order valence-electron chi connectivity index (χ0n) is 11.9. The van der Waals surface area contributed by atoms with Crippen molar-refractivity contribution in [2.75, 3.05) is 5.73 Å². The fraction of sp³-hybridized carbons (Fsp3) is 0.333. The molecule has 0 atom stereocenters. The first-order chi connectivity index (χ1) is 9.40. The molecule has 0 aliphatic heterocycles. The molecule has 1 aromatic heterocycles. The Labute approximate surface area is 118 Å². The number of aliphatic hydroxyl groups excluding tert-OH is 1. The summed E-state index contributed by atoms with van der Waals surface area (Å²) < 4.78 is 5.73. The molecule has 0 saturated carbocycles. The van der Waals surface area contributed by atoms with Crippen molar-refractivity contribution in [3.63, 3.8) is 0 Å². The zero-order chi connectivity index (χ0) is 14.8. The second kappa shape index (κ2) is 5.46. The van der Waals surface area contributed by atoms with Crippen LogP contribution in [0.4, 0.5) is 5.82 Å². The number of nitrogens with zero attached hydrogens (tertiary/aromatic N) is 2. The van der Waals surface area contributed by atoms with Crippen molar-refractivity contribution in [3.8, 4) is 11.6 Å². The summed E-state index contributed by atoms with van der Waals surface area (Å²) in [5.41, 5.74) is 6.28. The molecule has 3 N–H and O–H groups in total. The van der Waals surface area contributed by atoms with E-state index in [0.717, 1.165) is 0 Å². The molecule has 5 heteroatoms. The molecule has 1 heterocycles. The van der Waals surface area contributed by atoms with E-state index in [4.69, 9.17) is 10.5 Å². The highest BCUT2D eigenvalue weighted by atomic mass is 16.5. The highest BCUT2D eigenvalue weighted by molar-refractivity contribution is 5.39. The predicted octanol–water partition coefficient (Wildman–Crippen LogP) is 2.64. The number of nitrogen functional groups attached to an aromatic ring is 1. The van der Waals surface area contributed by atoms with Crippen LogP contribution in [0.15, 0.2) is 30.3 Å². The smallest absolute Gasteiger partial charge is 0.224 e. The summed E-state index contributed by atoms with van der Waals surface area (Å²) in [4.78, 5) is 8.61. The quantitative estimate of drug-likeness (QED) is 0.898. The molecular weight excluding hydrogens is 254 g/mol. The Morgan fingerprint density at radius 2 is 1.90 bits per heavy atom. The molecule has 0 saturated heterocycles. The van der Waals surface area contributed by atoms with E-state index in [2.05, 4.69) is 9.97 Å². The maximum absolute atomic E-state index is 9.30. The number of aliphatic hydroxyl groups is 1. The fourth-order valence-corrected chi connectivity index (χ4v) is 1.68. The van der Waals surface area contributed by atoms with Gasteiger partial charge in [-0.3, -0.25) is 0 Å². The highest BCUT2D eigenvalue weighted by Gasteiger charge is 2.19. The minimum Gasteiger partial charge on any atom is -0.438 e. The van der Waals surface area contributed by atoms with Crippen molar-refractivity contribution in [2.45, 2.75) is 32.8 Å². The number of ether oxygens (including phenoxy) is 1. The first-order valence-electron chi connectivity index (χ1n) is 6.42. The van der Waals surface area contributed by atoms with Crippen LogP contribution in [0.2, 0.25) is 0 Å². The molecule has 0 aliphatic carbocycles. The van der Waals surface area contributed by atoms with Gasteiger partial charge in [0.25, 0.3) is 0 Å². The molecule has 106 valence electrons. The van der Waals surface area contributed by atoms with E-state index >= 15 is 0 Å². The molecule has 0 amide bonds. The molecule has 20 heavy (non-hydrogen) atoms. The molecule has 0 radical (unpaired) electrons. The van der Waals surface area contributed by atoms with Gasteiger partial charge in [-0.15, -0.1) is 0 Å². The molecule has 0 aliphatic rings. The lowest BCUT2D eigenvalue weighted by Crippen LogP contribution is -2.17. The van der Waals surface area contributed by atoms with Crippen molar-refractivity contribution >= 4 is 5.82 Å². The Bertz CT molecular complexity index is 606. The molecule has 0 unspecified atom stereocenters. The van der Waals surface area contributed by atoms with Crippen LogP contribution in [-0.4, -0.2) is 15.1 Å². The van der Waals surface area contributed by atoms with Crippen molar-refractivity contribution in [1.82, 2.24) is 9.97 Å². The van der Waals surface area contributed by atoms with Gasteiger partial charge in [-0.2, -0.15) is 4.98 Å². The van der Waals surface area contributed by atoms with Crippen LogP contribution in [0.5, 0.6) is 11.6 Å². The van der Waals surface area contributed by atoms with E-state index in [-0.39, 0.29) is 12.0 Å². The van der Waals surface area contributed by atoms with Gasteiger partial charge < -0.3 is 15.6 Å². The summed E-state index contributed by atoms with van der Waals surface area (Å²) in [6.07, 6.45) is 0. The van der Waals surface area contributed by atoms with Gasteiger partial charge in [0.2, 0.25) is 5.88 Å². The van der Waals surface area contributed by atoms with Gasteiger partial charge in [-0.1, -0.05) is 39.0 Å². The van der Waals surface area contributed by atoms with Gasteiger partial charge in [-0.05, 0) is 6.07 Å². The van der Waals surface area contributed by atoms with E-state index in [0.29, 0.717) is 28.8 Å². The Morgan fingerprint density at radius 3 is 2.55 bits per heavy atom. The van der Waals surface area contributed by atoms with Crippen molar-refractivity contribution in [2.24, 2.45) is 0 Å². The number of para-hydroxylation sites is 1. The number of hydrogen-bond acceptors (Lipinski definition) is 5. The van der Waals surface area contributed by atoms with E-state index in [9.17, 15) is 5.11 Å². The number of aromatic nitrogens is 2. The topological polar surface area (TPSA) is 81.3 Å². The summed E-state index contributed by atoms with van der Waals surface area (Å²) in [6.45, 7) is 5.93. The number of rotatable bonds is 3. The van der Waals surface area contributed by atoms with Crippen LogP contribution in [0.3, 0.4) is 0 Å². The first kappa shape index (κ1) is 14.3. The van der Waals surface area contributed by atoms with Crippen LogP contribution < -0.4 is 10.5 Å². The molecule has 5 nitrogen and oxygen atoms in total. The molecule has 1 aromatic carbocycles. The zero-order valence-corrected chi connectivity index (χ0v) is 11.9. The van der Waals surface area contributed by atoms with Gasteiger partial charge in [-0.25, -0.2) is 4.98 Å². The third kappa shape index (κ3) is 3.24. The SMILES string of the molecule is CC(C)(C)c1nc(N)cc(Oc2ccccc2CO)n1. The summed E-state index contributed by atoms with van der Waals surface area (Å²) in [7, 11) is 0. The number of anilines is 1. The standard InChI is InChI=1S/C15H19N3O2/c1-15(2,3)14-17-12(16)8-13(18-14)20-11-7-5-4-6-10(11)9-19/h4-8,19H,9H2,1-3H3,(H2,16,17,18). The van der Waals surface area contributed by atoms with Crippen molar-refractivity contribution < 1.29 is 9.84 Å². The maximum Gasteiger partial charge on any atom is 0.224 e. The maximum atomic E-state index is 9.30. The molecule has 0 spiro atoms. The minimum absolute atomic E-state index is 0.0944. The first-order valence-corrected chi connectivity index (χ1v) is 6.42. The van der Waals surface area contributed by atoms with Crippen molar-refractivity contribution in [1.29, 1.82) is 0 Å². The summed E-state index contributed by atoms with van der Waals surface area (Å²) in [6, 6.07) is 8.83. The Kier molecular flexibility index (Phi) is 3.90. The fourth-order valence-electron chi connectivity index (χ4n) is 1.68. The van der Waals surface area contributed by atoms with E-state index in [1.54, 1.807) is 18.2 Å². The number of hydrogen-bond donors (Lipinski definition) is 2. The van der Waals surface area contributed by atoms with E-state index < -0.39 is 0 Å². The summed E-state index contributed by atoms with van der Waals surface area (Å²) in [5, 5.41) is 9.30. The van der Waals surface area contributed by atoms with Crippen LogP contribution >= 0.6 is 0 Å². The van der Waals surface area contributed by atoms with Gasteiger partial charge in [0.1, 0.15) is 17.4 Å². The number of nitrogens with two attached hydrogens (primary N) is 1. The molecule has 0 fully saturated rings. The summed E-state index contributed by atoms with van der Waals surface area (Å²) in [5.74, 6) is 1.92. The largest absolute Gasteiger partial charge is 0.438 e. The molecule has 2 rings (SSSR count). The third-order valence-corrected chi connectivity index (χ3v) is 2.75. The average Bonchev–Trinajstić information content (AvgIpc) is 2.37. The van der Waals surface area contributed by atoms with Crippen LogP contribution in [0.25, 0.3) is 0 Å². The van der Waals surface area contributed by atoms with E-state index in [1.165, 1.54) is 0 Å². The molecular formula is C15H19N3O2. The van der Waals surface area contributed by atoms with Gasteiger partial charge in [0.05, 0.1) is 6.61 Å². The molecule has 0 bridgehead atoms. The Morgan fingerprint density at radius 1 is 1.20 bits per heavy atom. The lowest BCUT2D eigenvalue weighted by molar-refractivity contribution is 0.276. The number of benzene rings is 1. The van der Waals surface area contributed by atoms with Gasteiger partial charge >= 0.3 is 0 Å². The summed E-state index contributed by atoms with van der Waals surface area (Å²) >= 11 is 0. The highest BCUT2D eigenvalue weighted by Crippen LogP contribution is 2.27. The normalized spacial score (nSPS) is 11.4. The predicted molar refractivity (Wildman–Crippen MR) is 77.6 cm³/mol. The monoisotopic (exact) mass is 273 g/mol. The van der Waals surface area contributed by atoms with Gasteiger partial charge in [0, 0.05) is 17.0 Å². The minimum atomic E-state index is -0.218. The molecule has 2 aromatic rings. The van der Waals surface area contributed by atoms with Crippen LogP contribution in [-0.2, 0) is 12.0 Å². The Hall–Kier alpha value is -2.14. The second-order valence-corrected chi connectivity index (χ2v) is 5.57. The van der Waals surface area contributed by atoms with Crippen LogP contribution in [0.1, 0.15) is 32.2 Å². The van der Waals surface area contributed by atoms with Crippen LogP contribution in [0, 0.1) is 0 Å². The second-order valence-electron chi connectivity index (χ2n) is 5.57. The van der Waals surface area contributed by atoms with E-state index in [1.807, 2.05) is 32.9 Å². The van der Waals surface area contributed by atoms with Gasteiger partial charge in [0.15, 0.2) is 0 Å². The lowest BCUT2D eigenvalue weighted by Gasteiger charge is -2.18. The average molecular weight is 273 g/mol. The lowest BCUT2D eigenvalue weighted by atomic mass is 9.96. The Balaban J connectivity index is 2.36. The third-order valence-electron chi connectivity index (χ3n) is 2.75. The van der Waals surface area contributed by atoms with Crippen molar-refractivity contribution in [3.05, 3.63) is 41.7 Å².